The molecular weight excluding hydrogens is 326 g/mol. The van der Waals surface area contributed by atoms with E-state index < -0.39 is 16.0 Å². The van der Waals surface area contributed by atoms with Crippen LogP contribution in [-0.4, -0.2) is 46.6 Å². The predicted octanol–water partition coefficient (Wildman–Crippen LogP) is 1.81. The van der Waals surface area contributed by atoms with Crippen molar-refractivity contribution in [2.75, 3.05) is 6.54 Å². The molecule has 2 rings (SSSR count). The van der Waals surface area contributed by atoms with Crippen LogP contribution in [0.2, 0.25) is 0 Å². The quantitative estimate of drug-likeness (QED) is 0.798. The number of nitrogens with zero attached hydrogens (tertiary/aromatic N) is 2. The normalized spacial score (nSPS) is 13.4. The van der Waals surface area contributed by atoms with Gasteiger partial charge in [-0.05, 0) is 35.7 Å². The van der Waals surface area contributed by atoms with Gasteiger partial charge in [-0.25, -0.2) is 13.2 Å². The van der Waals surface area contributed by atoms with Crippen LogP contribution in [0.5, 0.6) is 0 Å². The molecule has 0 spiro atoms. The monoisotopic (exact) mass is 343 g/mol. The van der Waals surface area contributed by atoms with Crippen LogP contribution < -0.4 is 0 Å². The van der Waals surface area contributed by atoms with Gasteiger partial charge in [0.1, 0.15) is 5.56 Å². The second kappa shape index (κ2) is 6.59. The maximum Gasteiger partial charge on any atom is 0.340 e. The van der Waals surface area contributed by atoms with Crippen molar-refractivity contribution in [1.29, 1.82) is 0 Å². The minimum Gasteiger partial charge on any atom is -0.478 e. The first kappa shape index (κ1) is 16.7. The summed E-state index contributed by atoms with van der Waals surface area (Å²) in [4.78, 5) is 11.1. The molecule has 22 heavy (non-hydrogen) atoms. The Balaban J connectivity index is 2.32. The molecule has 0 amide bonds. The molecule has 0 aliphatic heterocycles. The Hall–Kier alpha value is -1.71. The number of thiophene rings is 1. The number of carbonyl (C=O) groups is 1. The highest BCUT2D eigenvalue weighted by atomic mass is 32.2. The van der Waals surface area contributed by atoms with Crippen LogP contribution in [0.3, 0.4) is 0 Å². The number of aromatic carboxylic acids is 1. The summed E-state index contributed by atoms with van der Waals surface area (Å²) in [5.74, 6) is -1.33. The zero-order chi connectivity index (χ0) is 16.3. The number of carboxylic acid groups (broad SMARTS) is 1. The number of rotatable bonds is 7. The average molecular weight is 343 g/mol. The number of H-pyrrole nitrogens is 1. The Morgan fingerprint density at radius 2 is 2.27 bits per heavy atom. The molecule has 120 valence electrons. The molecule has 0 radical (unpaired) electrons. The average Bonchev–Trinajstić information content (AvgIpc) is 3.09. The number of carboxylic acids is 1. The van der Waals surface area contributed by atoms with E-state index in [4.69, 9.17) is 5.11 Å². The van der Waals surface area contributed by atoms with Gasteiger partial charge in [0.25, 0.3) is 10.0 Å². The van der Waals surface area contributed by atoms with Gasteiger partial charge in [0.2, 0.25) is 0 Å². The highest BCUT2D eigenvalue weighted by Crippen LogP contribution is 2.22. The summed E-state index contributed by atoms with van der Waals surface area (Å²) in [5.41, 5.74) is 0.704. The SMILES string of the molecule is CCN(C(C)Cc1ccsc1)S(=O)(=O)c1[nH]ncc1C(=O)O. The van der Waals surface area contributed by atoms with Gasteiger partial charge >= 0.3 is 5.97 Å². The summed E-state index contributed by atoms with van der Waals surface area (Å²) in [6.45, 7) is 3.76. The van der Waals surface area contributed by atoms with Gasteiger partial charge < -0.3 is 5.11 Å². The molecule has 9 heteroatoms. The third-order valence-electron chi connectivity index (χ3n) is 3.32. The number of likely N-dealkylation sites (N-methyl/N-ethyl adjacent to an activating group) is 1. The molecular formula is C13H17N3O4S2. The van der Waals surface area contributed by atoms with Crippen molar-refractivity contribution in [3.05, 3.63) is 34.2 Å². The molecule has 7 nitrogen and oxygen atoms in total. The third kappa shape index (κ3) is 3.21. The van der Waals surface area contributed by atoms with Crippen LogP contribution >= 0.6 is 11.3 Å². The fourth-order valence-corrected chi connectivity index (χ4v) is 4.70. The van der Waals surface area contributed by atoms with E-state index in [0.29, 0.717) is 6.42 Å². The number of sulfonamides is 1. The van der Waals surface area contributed by atoms with Gasteiger partial charge in [0.05, 0.1) is 6.20 Å². The lowest BCUT2D eigenvalue weighted by Gasteiger charge is -2.26. The largest absolute Gasteiger partial charge is 0.478 e. The van der Waals surface area contributed by atoms with Gasteiger partial charge in [-0.15, -0.1) is 0 Å². The molecule has 2 aromatic heterocycles. The van der Waals surface area contributed by atoms with Crippen LogP contribution in [0.15, 0.2) is 28.0 Å². The molecule has 0 saturated carbocycles. The van der Waals surface area contributed by atoms with E-state index in [2.05, 4.69) is 10.2 Å². The van der Waals surface area contributed by atoms with Crippen LogP contribution in [-0.2, 0) is 16.4 Å². The lowest BCUT2D eigenvalue weighted by Crippen LogP contribution is -2.40. The summed E-state index contributed by atoms with van der Waals surface area (Å²) >= 11 is 1.55. The number of aromatic nitrogens is 2. The summed E-state index contributed by atoms with van der Waals surface area (Å²) in [6, 6.07) is 1.65. The highest BCUT2D eigenvalue weighted by Gasteiger charge is 2.33. The van der Waals surface area contributed by atoms with E-state index >= 15 is 0 Å². The van der Waals surface area contributed by atoms with Crippen molar-refractivity contribution >= 4 is 27.3 Å². The van der Waals surface area contributed by atoms with Crippen LogP contribution in [0.1, 0.15) is 29.8 Å². The molecule has 0 fully saturated rings. The lowest BCUT2D eigenvalue weighted by molar-refractivity contribution is 0.0692. The summed E-state index contributed by atoms with van der Waals surface area (Å²) in [6.07, 6.45) is 1.57. The highest BCUT2D eigenvalue weighted by molar-refractivity contribution is 7.89. The van der Waals surface area contributed by atoms with Crippen molar-refractivity contribution in [3.63, 3.8) is 0 Å². The van der Waals surface area contributed by atoms with Gasteiger partial charge in [0.15, 0.2) is 5.03 Å². The first-order valence-corrected chi connectivity index (χ1v) is 9.05. The van der Waals surface area contributed by atoms with E-state index in [9.17, 15) is 13.2 Å². The predicted molar refractivity (Wildman–Crippen MR) is 82.6 cm³/mol. The molecule has 0 aliphatic rings. The second-order valence-electron chi connectivity index (χ2n) is 4.81. The molecule has 1 unspecified atom stereocenters. The smallest absolute Gasteiger partial charge is 0.340 e. The molecule has 0 aliphatic carbocycles. The Labute approximate surface area is 132 Å². The molecule has 0 saturated heterocycles. The van der Waals surface area contributed by atoms with Crippen LogP contribution in [0.25, 0.3) is 0 Å². The summed E-state index contributed by atoms with van der Waals surface area (Å²) in [7, 11) is -3.95. The van der Waals surface area contributed by atoms with Gasteiger partial charge in [-0.2, -0.15) is 20.7 Å². The molecule has 2 N–H and O–H groups in total. The van der Waals surface area contributed by atoms with Crippen molar-refractivity contribution < 1.29 is 18.3 Å². The first-order valence-electron chi connectivity index (χ1n) is 6.67. The molecule has 0 aromatic carbocycles. The number of hydrogen-bond acceptors (Lipinski definition) is 5. The van der Waals surface area contributed by atoms with E-state index in [-0.39, 0.29) is 23.2 Å². The summed E-state index contributed by atoms with van der Waals surface area (Å²) < 4.78 is 26.7. The Morgan fingerprint density at radius 3 is 2.82 bits per heavy atom. The standard InChI is InChI=1S/C13H17N3O4S2/c1-3-16(9(2)6-10-4-5-21-8-10)22(19,20)12-11(13(17)18)7-14-15-12/h4-5,7-9H,3,6H2,1-2H3,(H,14,15)(H,17,18). The van der Waals surface area contributed by atoms with Crippen LogP contribution in [0, 0.1) is 0 Å². The maximum absolute atomic E-state index is 12.7. The zero-order valence-corrected chi connectivity index (χ0v) is 13.8. The maximum atomic E-state index is 12.7. The van der Waals surface area contributed by atoms with Crippen molar-refractivity contribution in [1.82, 2.24) is 14.5 Å². The van der Waals surface area contributed by atoms with Crippen molar-refractivity contribution in [2.45, 2.75) is 31.3 Å². The van der Waals surface area contributed by atoms with E-state index in [1.54, 1.807) is 25.2 Å². The fourth-order valence-electron chi connectivity index (χ4n) is 2.31. The van der Waals surface area contributed by atoms with Gasteiger partial charge in [0, 0.05) is 12.6 Å². The molecule has 2 aromatic rings. The Morgan fingerprint density at radius 1 is 1.55 bits per heavy atom. The molecule has 2 heterocycles. The number of aromatic amines is 1. The minimum atomic E-state index is -3.95. The van der Waals surface area contributed by atoms with Gasteiger partial charge in [-0.1, -0.05) is 6.92 Å². The Bertz CT molecular complexity index is 737. The number of nitrogens with one attached hydrogen (secondary N) is 1. The van der Waals surface area contributed by atoms with Gasteiger partial charge in [-0.3, -0.25) is 5.10 Å². The number of hydrogen-bond donors (Lipinski definition) is 2. The summed E-state index contributed by atoms with van der Waals surface area (Å²) in [5, 5.41) is 18.5. The minimum absolute atomic E-state index is 0.242. The third-order valence-corrected chi connectivity index (χ3v) is 6.11. The van der Waals surface area contributed by atoms with Crippen molar-refractivity contribution in [2.24, 2.45) is 0 Å². The van der Waals surface area contributed by atoms with E-state index in [0.717, 1.165) is 11.8 Å². The first-order chi connectivity index (χ1) is 10.4. The van der Waals surface area contributed by atoms with E-state index in [1.807, 2.05) is 16.8 Å². The van der Waals surface area contributed by atoms with Crippen LogP contribution in [0.4, 0.5) is 0 Å². The molecule has 0 bridgehead atoms. The second-order valence-corrected chi connectivity index (χ2v) is 7.42. The zero-order valence-electron chi connectivity index (χ0n) is 12.2. The molecule has 1 atom stereocenters. The fraction of sp³-hybridized carbons (Fsp3) is 0.385. The Kier molecular flexibility index (Phi) is 4.99. The lowest BCUT2D eigenvalue weighted by atomic mass is 10.1. The topological polar surface area (TPSA) is 103 Å². The van der Waals surface area contributed by atoms with E-state index in [1.165, 1.54) is 4.31 Å². The van der Waals surface area contributed by atoms with Crippen molar-refractivity contribution in [3.8, 4) is 0 Å².